The van der Waals surface area contributed by atoms with Crippen molar-refractivity contribution in [3.8, 4) is 5.69 Å². The molecule has 8 nitrogen and oxygen atoms in total. The summed E-state index contributed by atoms with van der Waals surface area (Å²) in [5.74, 6) is -1.37. The molecule has 0 aliphatic heterocycles. The first-order valence-corrected chi connectivity index (χ1v) is 6.56. The van der Waals surface area contributed by atoms with Gasteiger partial charge in [0.15, 0.2) is 0 Å². The number of hydrogen-bond donors (Lipinski definition) is 1. The van der Waals surface area contributed by atoms with Gasteiger partial charge in [0, 0.05) is 37.4 Å². The van der Waals surface area contributed by atoms with Crippen molar-refractivity contribution in [2.24, 2.45) is 0 Å². The lowest BCUT2D eigenvalue weighted by molar-refractivity contribution is 0.0693. The topological polar surface area (TPSA) is 98.6 Å². The lowest BCUT2D eigenvalue weighted by Crippen LogP contribution is -2.41. The fraction of sp³-hybridized carbons (Fsp3) is 0.143. The molecule has 3 heterocycles. The molecule has 8 heteroatoms. The maximum Gasteiger partial charge on any atom is 0.342 e. The summed E-state index contributed by atoms with van der Waals surface area (Å²) in [4.78, 5) is 39.7. The largest absolute Gasteiger partial charge is 0.477 e. The van der Waals surface area contributed by atoms with Gasteiger partial charge in [-0.1, -0.05) is 0 Å². The van der Waals surface area contributed by atoms with E-state index in [1.807, 2.05) is 0 Å². The standard InChI is InChI=1S/C14H12N4O4/c1-2-17-12(19)10(13(20)21)8-18(14(17)22)9-3-5-16-6-4-15-11(16)7-9/h3-8H,2H2,1H3,(H,20,21). The Kier molecular flexibility index (Phi) is 3.13. The summed E-state index contributed by atoms with van der Waals surface area (Å²) < 4.78 is 3.78. The molecule has 0 bridgehead atoms. The van der Waals surface area contributed by atoms with E-state index in [4.69, 9.17) is 5.11 Å². The van der Waals surface area contributed by atoms with Crippen LogP contribution in [0.2, 0.25) is 0 Å². The predicted molar refractivity (Wildman–Crippen MR) is 77.7 cm³/mol. The zero-order chi connectivity index (χ0) is 15.9. The molecule has 0 aromatic carbocycles. The first-order chi connectivity index (χ1) is 10.5. The van der Waals surface area contributed by atoms with Gasteiger partial charge in [-0.15, -0.1) is 0 Å². The molecule has 1 N–H and O–H groups in total. The minimum atomic E-state index is -1.37. The van der Waals surface area contributed by atoms with E-state index in [1.165, 1.54) is 0 Å². The van der Waals surface area contributed by atoms with Crippen LogP contribution in [0.1, 0.15) is 17.3 Å². The molecule has 0 radical (unpaired) electrons. The van der Waals surface area contributed by atoms with E-state index in [-0.39, 0.29) is 6.54 Å². The van der Waals surface area contributed by atoms with E-state index in [1.54, 1.807) is 42.0 Å². The third kappa shape index (κ3) is 2.01. The first kappa shape index (κ1) is 13.8. The van der Waals surface area contributed by atoms with E-state index in [0.29, 0.717) is 11.3 Å². The van der Waals surface area contributed by atoms with Gasteiger partial charge in [0.1, 0.15) is 11.2 Å². The number of nitrogens with zero attached hydrogens (tertiary/aromatic N) is 4. The van der Waals surface area contributed by atoms with Gasteiger partial charge in [0.05, 0.1) is 5.69 Å². The van der Waals surface area contributed by atoms with Crippen molar-refractivity contribution in [1.29, 1.82) is 0 Å². The average molecular weight is 300 g/mol. The SMILES string of the molecule is CCn1c(=O)c(C(=O)O)cn(-c2ccn3ccnc3c2)c1=O. The fourth-order valence-corrected chi connectivity index (χ4v) is 2.26. The van der Waals surface area contributed by atoms with Gasteiger partial charge in [0.2, 0.25) is 0 Å². The molecular weight excluding hydrogens is 288 g/mol. The molecule has 22 heavy (non-hydrogen) atoms. The lowest BCUT2D eigenvalue weighted by Gasteiger charge is -2.10. The van der Waals surface area contributed by atoms with Crippen molar-refractivity contribution in [2.75, 3.05) is 0 Å². The monoisotopic (exact) mass is 300 g/mol. The molecule has 0 aliphatic carbocycles. The van der Waals surface area contributed by atoms with Crippen molar-refractivity contribution >= 4 is 11.6 Å². The summed E-state index contributed by atoms with van der Waals surface area (Å²) in [6, 6.07) is 3.28. The molecule has 0 saturated heterocycles. The molecule has 0 aliphatic rings. The third-order valence-corrected chi connectivity index (χ3v) is 3.38. The summed E-state index contributed by atoms with van der Waals surface area (Å²) in [5.41, 5.74) is -0.805. The molecule has 0 spiro atoms. The average Bonchev–Trinajstić information content (AvgIpc) is 2.95. The Balaban J connectivity index is 2.34. The molecule has 3 aromatic rings. The van der Waals surface area contributed by atoms with Gasteiger partial charge in [-0.05, 0) is 13.0 Å². The number of fused-ring (bicyclic) bond motifs is 1. The smallest absolute Gasteiger partial charge is 0.342 e. The minimum Gasteiger partial charge on any atom is -0.477 e. The van der Waals surface area contributed by atoms with Crippen LogP contribution in [0.5, 0.6) is 0 Å². The molecule has 0 fully saturated rings. The Hall–Kier alpha value is -3.16. The summed E-state index contributed by atoms with van der Waals surface area (Å²) in [7, 11) is 0. The Morgan fingerprint density at radius 1 is 1.32 bits per heavy atom. The number of hydrogen-bond acceptors (Lipinski definition) is 4. The summed E-state index contributed by atoms with van der Waals surface area (Å²) in [6.07, 6.45) is 6.11. The first-order valence-electron chi connectivity index (χ1n) is 6.56. The van der Waals surface area contributed by atoms with Gasteiger partial charge < -0.3 is 9.51 Å². The van der Waals surface area contributed by atoms with Gasteiger partial charge >= 0.3 is 11.7 Å². The Labute approximate surface area is 123 Å². The molecule has 112 valence electrons. The van der Waals surface area contributed by atoms with Crippen LogP contribution in [-0.4, -0.2) is 29.6 Å². The summed E-state index contributed by atoms with van der Waals surface area (Å²) in [5, 5.41) is 9.14. The number of pyridine rings is 1. The van der Waals surface area contributed by atoms with Gasteiger partial charge in [0.25, 0.3) is 5.56 Å². The van der Waals surface area contributed by atoms with Gasteiger partial charge in [-0.2, -0.15) is 0 Å². The van der Waals surface area contributed by atoms with Crippen molar-refractivity contribution in [2.45, 2.75) is 13.5 Å². The molecule has 0 amide bonds. The van der Waals surface area contributed by atoms with Crippen LogP contribution in [0.3, 0.4) is 0 Å². The summed E-state index contributed by atoms with van der Waals surface area (Å²) >= 11 is 0. The van der Waals surface area contributed by atoms with E-state index < -0.39 is 22.8 Å². The molecular formula is C14H12N4O4. The van der Waals surface area contributed by atoms with Crippen LogP contribution >= 0.6 is 0 Å². The van der Waals surface area contributed by atoms with Crippen molar-refractivity contribution < 1.29 is 9.90 Å². The molecule has 0 unspecified atom stereocenters. The number of carboxylic acid groups (broad SMARTS) is 1. The third-order valence-electron chi connectivity index (χ3n) is 3.38. The van der Waals surface area contributed by atoms with Crippen LogP contribution in [0.15, 0.2) is 46.5 Å². The van der Waals surface area contributed by atoms with Crippen molar-refractivity contribution in [1.82, 2.24) is 18.5 Å². The number of carbonyl (C=O) groups is 1. The zero-order valence-corrected chi connectivity index (χ0v) is 11.6. The Bertz CT molecular complexity index is 996. The number of aromatic nitrogens is 4. The number of imidazole rings is 1. The second-order valence-corrected chi connectivity index (χ2v) is 4.63. The van der Waals surface area contributed by atoms with E-state index in [2.05, 4.69) is 4.98 Å². The van der Waals surface area contributed by atoms with Gasteiger partial charge in [-0.25, -0.2) is 14.6 Å². The van der Waals surface area contributed by atoms with Crippen molar-refractivity contribution in [3.63, 3.8) is 0 Å². The van der Waals surface area contributed by atoms with E-state index in [9.17, 15) is 14.4 Å². The highest BCUT2D eigenvalue weighted by Gasteiger charge is 2.16. The molecule has 0 atom stereocenters. The van der Waals surface area contributed by atoms with Crippen LogP contribution < -0.4 is 11.2 Å². The lowest BCUT2D eigenvalue weighted by atomic mass is 10.3. The van der Waals surface area contributed by atoms with Crippen LogP contribution in [0.4, 0.5) is 0 Å². The predicted octanol–water partition coefficient (Wildman–Crippen LogP) is 0.365. The highest BCUT2D eigenvalue weighted by atomic mass is 16.4. The molecule has 3 rings (SSSR count). The Morgan fingerprint density at radius 3 is 2.77 bits per heavy atom. The van der Waals surface area contributed by atoms with Crippen LogP contribution in [0, 0.1) is 0 Å². The maximum atomic E-state index is 12.4. The van der Waals surface area contributed by atoms with Gasteiger partial charge in [-0.3, -0.25) is 13.9 Å². The van der Waals surface area contributed by atoms with Crippen LogP contribution in [-0.2, 0) is 6.54 Å². The second kappa shape index (κ2) is 4.99. The highest BCUT2D eigenvalue weighted by molar-refractivity contribution is 5.86. The van der Waals surface area contributed by atoms with Crippen molar-refractivity contribution in [3.05, 3.63) is 63.3 Å². The molecule has 0 saturated carbocycles. The fourth-order valence-electron chi connectivity index (χ4n) is 2.26. The highest BCUT2D eigenvalue weighted by Crippen LogP contribution is 2.09. The summed E-state index contributed by atoms with van der Waals surface area (Å²) in [6.45, 7) is 1.70. The number of rotatable bonds is 3. The number of aromatic carboxylic acids is 1. The van der Waals surface area contributed by atoms with E-state index in [0.717, 1.165) is 15.3 Å². The maximum absolute atomic E-state index is 12.4. The Morgan fingerprint density at radius 2 is 2.09 bits per heavy atom. The molecule has 3 aromatic heterocycles. The number of carboxylic acids is 1. The van der Waals surface area contributed by atoms with E-state index >= 15 is 0 Å². The zero-order valence-electron chi connectivity index (χ0n) is 11.6. The quantitative estimate of drug-likeness (QED) is 0.753. The normalized spacial score (nSPS) is 11.0. The van der Waals surface area contributed by atoms with Crippen LogP contribution in [0.25, 0.3) is 11.3 Å². The second-order valence-electron chi connectivity index (χ2n) is 4.63. The minimum absolute atomic E-state index is 0.0877.